The molecule has 1 aliphatic heterocycles. The van der Waals surface area contributed by atoms with Crippen molar-refractivity contribution in [2.24, 2.45) is 21.8 Å². The van der Waals surface area contributed by atoms with Crippen molar-refractivity contribution < 1.29 is 14.4 Å². The van der Waals surface area contributed by atoms with Crippen LogP contribution in [0.2, 0.25) is 0 Å². The molecule has 1 saturated carbocycles. The molecule has 2 unspecified atom stereocenters. The molecule has 0 spiro atoms. The first-order valence-electron chi connectivity index (χ1n) is 10.0. The van der Waals surface area contributed by atoms with Crippen LogP contribution >= 0.6 is 0 Å². The fourth-order valence-corrected chi connectivity index (χ4v) is 4.42. The first-order chi connectivity index (χ1) is 13.6. The molecule has 1 saturated heterocycles. The Morgan fingerprint density at radius 2 is 1.90 bits per heavy atom. The van der Waals surface area contributed by atoms with E-state index in [0.29, 0.717) is 0 Å². The van der Waals surface area contributed by atoms with Crippen molar-refractivity contribution in [2.45, 2.75) is 40.0 Å². The van der Waals surface area contributed by atoms with E-state index in [0.717, 1.165) is 24.1 Å². The molecule has 0 aromatic heterocycles. The third-order valence-corrected chi connectivity index (χ3v) is 6.88. The molecule has 2 aliphatic rings. The van der Waals surface area contributed by atoms with E-state index >= 15 is 0 Å². The number of hydrogen-bond acceptors (Lipinski definition) is 5. The molecule has 1 aliphatic carbocycles. The highest BCUT2D eigenvalue weighted by molar-refractivity contribution is 6.04. The summed E-state index contributed by atoms with van der Waals surface area (Å²) < 4.78 is 0. The summed E-state index contributed by atoms with van der Waals surface area (Å²) >= 11 is 0. The number of hydrogen-bond donors (Lipinski definition) is 1. The lowest BCUT2D eigenvalue weighted by Crippen LogP contribution is -2.59. The molecule has 1 aromatic carbocycles. The van der Waals surface area contributed by atoms with Gasteiger partial charge in [0.15, 0.2) is 0 Å². The van der Waals surface area contributed by atoms with Gasteiger partial charge in [0, 0.05) is 38.7 Å². The lowest BCUT2D eigenvalue weighted by atomic mass is 9.62. The van der Waals surface area contributed by atoms with Gasteiger partial charge in [-0.25, -0.2) is 5.43 Å². The molecule has 2 bridgehead atoms. The van der Waals surface area contributed by atoms with Gasteiger partial charge in [0.1, 0.15) is 0 Å². The number of hydrazone groups is 1. The normalized spacial score (nSPS) is 25.6. The van der Waals surface area contributed by atoms with Gasteiger partial charge in [-0.3, -0.25) is 19.3 Å². The molecule has 3 amide bonds. The number of fused-ring (bicyclic) bond motifs is 2. The molecule has 0 radical (unpaired) electrons. The highest BCUT2D eigenvalue weighted by atomic mass is 16.2. The van der Waals surface area contributed by atoms with Gasteiger partial charge >= 0.3 is 0 Å². The maximum absolute atomic E-state index is 13.0. The van der Waals surface area contributed by atoms with Crippen LogP contribution in [-0.2, 0) is 14.4 Å². The largest absolute Gasteiger partial charge is 0.378 e. The standard InChI is InChI=1S/C22H30N4O3/c1-21(2)17-10-12-22(21,3)20(29)26(19(17)28)13-11-18(27)24-23-14-15-6-8-16(9-7-15)25(4)5/h6-9,14,17H,10-13H2,1-5H3,(H,24,27). The van der Waals surface area contributed by atoms with Gasteiger partial charge in [-0.15, -0.1) is 0 Å². The van der Waals surface area contributed by atoms with Crippen LogP contribution in [0, 0.1) is 16.7 Å². The maximum Gasteiger partial charge on any atom is 0.241 e. The van der Waals surface area contributed by atoms with Gasteiger partial charge in [-0.05, 0) is 36.0 Å². The smallest absolute Gasteiger partial charge is 0.241 e. The molecule has 1 aromatic rings. The minimum Gasteiger partial charge on any atom is -0.378 e. The Morgan fingerprint density at radius 3 is 2.52 bits per heavy atom. The zero-order chi connectivity index (χ0) is 21.4. The summed E-state index contributed by atoms with van der Waals surface area (Å²) in [6, 6.07) is 7.75. The number of rotatable bonds is 6. The number of carbonyl (C=O) groups is 3. The summed E-state index contributed by atoms with van der Waals surface area (Å²) in [6.45, 7) is 6.05. The summed E-state index contributed by atoms with van der Waals surface area (Å²) in [7, 11) is 3.93. The lowest BCUT2D eigenvalue weighted by molar-refractivity contribution is -0.167. The average molecular weight is 399 g/mol. The first-order valence-corrected chi connectivity index (χ1v) is 10.0. The van der Waals surface area contributed by atoms with Gasteiger partial charge in [-0.1, -0.05) is 32.9 Å². The molecule has 7 nitrogen and oxygen atoms in total. The van der Waals surface area contributed by atoms with Gasteiger partial charge in [0.25, 0.3) is 0 Å². The fourth-order valence-electron chi connectivity index (χ4n) is 4.42. The maximum atomic E-state index is 13.0. The van der Waals surface area contributed by atoms with Crippen molar-refractivity contribution in [3.8, 4) is 0 Å². The van der Waals surface area contributed by atoms with E-state index in [1.807, 2.05) is 64.0 Å². The predicted octanol–water partition coefficient (Wildman–Crippen LogP) is 2.40. The van der Waals surface area contributed by atoms with Crippen molar-refractivity contribution in [1.29, 1.82) is 0 Å². The molecule has 2 fully saturated rings. The Kier molecular flexibility index (Phi) is 5.52. The number of anilines is 1. The molecule has 1 heterocycles. The van der Waals surface area contributed by atoms with E-state index in [-0.39, 0.29) is 42.0 Å². The Bertz CT molecular complexity index is 844. The first kappa shape index (κ1) is 21.0. The number of amides is 3. The van der Waals surface area contributed by atoms with Crippen LogP contribution in [-0.4, -0.2) is 49.5 Å². The molecule has 7 heteroatoms. The monoisotopic (exact) mass is 398 g/mol. The van der Waals surface area contributed by atoms with Gasteiger partial charge in [-0.2, -0.15) is 5.10 Å². The number of nitrogens with zero attached hydrogens (tertiary/aromatic N) is 3. The highest BCUT2D eigenvalue weighted by Crippen LogP contribution is 2.59. The Morgan fingerprint density at radius 1 is 1.24 bits per heavy atom. The van der Waals surface area contributed by atoms with Crippen molar-refractivity contribution in [3.63, 3.8) is 0 Å². The quantitative estimate of drug-likeness (QED) is 0.453. The Hall–Kier alpha value is -2.70. The lowest BCUT2D eigenvalue weighted by Gasteiger charge is -2.47. The van der Waals surface area contributed by atoms with E-state index in [4.69, 9.17) is 0 Å². The van der Waals surface area contributed by atoms with E-state index < -0.39 is 5.41 Å². The Labute approximate surface area is 172 Å². The third kappa shape index (κ3) is 3.66. The van der Waals surface area contributed by atoms with Crippen molar-refractivity contribution in [2.75, 3.05) is 25.5 Å². The van der Waals surface area contributed by atoms with Gasteiger partial charge < -0.3 is 4.90 Å². The van der Waals surface area contributed by atoms with Crippen LogP contribution in [0.5, 0.6) is 0 Å². The second kappa shape index (κ2) is 7.61. The molecule has 29 heavy (non-hydrogen) atoms. The second-order valence-electron chi connectivity index (χ2n) is 8.97. The summed E-state index contributed by atoms with van der Waals surface area (Å²) in [5, 5.41) is 3.97. The van der Waals surface area contributed by atoms with E-state index in [2.05, 4.69) is 10.5 Å². The molecule has 1 N–H and O–H groups in total. The van der Waals surface area contributed by atoms with Gasteiger partial charge in [0.2, 0.25) is 17.7 Å². The molecule has 156 valence electrons. The number of piperidine rings is 1. The summed E-state index contributed by atoms with van der Waals surface area (Å²) in [6.07, 6.45) is 3.05. The topological polar surface area (TPSA) is 82.1 Å². The number of nitrogens with one attached hydrogen (secondary N) is 1. The summed E-state index contributed by atoms with van der Waals surface area (Å²) in [5.74, 6) is -0.781. The zero-order valence-electron chi connectivity index (χ0n) is 17.9. The van der Waals surface area contributed by atoms with Crippen molar-refractivity contribution in [1.82, 2.24) is 10.3 Å². The van der Waals surface area contributed by atoms with Gasteiger partial charge in [0.05, 0.1) is 11.6 Å². The number of benzene rings is 1. The second-order valence-corrected chi connectivity index (χ2v) is 8.97. The van der Waals surface area contributed by atoms with Crippen LogP contribution < -0.4 is 10.3 Å². The number of imide groups is 1. The van der Waals surface area contributed by atoms with E-state index in [1.165, 1.54) is 4.90 Å². The fraction of sp³-hybridized carbons (Fsp3) is 0.545. The van der Waals surface area contributed by atoms with Crippen LogP contribution in [0.15, 0.2) is 29.4 Å². The third-order valence-electron chi connectivity index (χ3n) is 6.88. The minimum atomic E-state index is -0.543. The van der Waals surface area contributed by atoms with Crippen LogP contribution in [0.25, 0.3) is 0 Å². The molecule has 3 rings (SSSR count). The van der Waals surface area contributed by atoms with Crippen molar-refractivity contribution in [3.05, 3.63) is 29.8 Å². The predicted molar refractivity (Wildman–Crippen MR) is 112 cm³/mol. The molecular formula is C22H30N4O3. The SMILES string of the molecule is CN(C)c1ccc(C=NNC(=O)CCN2C(=O)C3CCC(C)(C2=O)C3(C)C)cc1. The minimum absolute atomic E-state index is 0.0393. The van der Waals surface area contributed by atoms with E-state index in [9.17, 15) is 14.4 Å². The summed E-state index contributed by atoms with van der Waals surface area (Å²) in [5.41, 5.74) is 3.53. The summed E-state index contributed by atoms with van der Waals surface area (Å²) in [4.78, 5) is 41.2. The van der Waals surface area contributed by atoms with Crippen LogP contribution in [0.1, 0.15) is 45.6 Å². The number of likely N-dealkylation sites (tertiary alicyclic amines) is 1. The Balaban J connectivity index is 1.54. The zero-order valence-corrected chi connectivity index (χ0v) is 17.9. The van der Waals surface area contributed by atoms with Crippen LogP contribution in [0.4, 0.5) is 5.69 Å². The average Bonchev–Trinajstić information content (AvgIpc) is 2.85. The molecule has 2 atom stereocenters. The molecular weight excluding hydrogens is 368 g/mol. The van der Waals surface area contributed by atoms with E-state index in [1.54, 1.807) is 6.21 Å². The van der Waals surface area contributed by atoms with Crippen LogP contribution in [0.3, 0.4) is 0 Å². The number of carbonyl (C=O) groups excluding carboxylic acids is 3. The highest BCUT2D eigenvalue weighted by Gasteiger charge is 2.64. The van der Waals surface area contributed by atoms with Crippen molar-refractivity contribution >= 4 is 29.6 Å².